The number of benzene rings is 3. The molecule has 3 aromatic carbocycles. The molecule has 0 spiro atoms. The highest BCUT2D eigenvalue weighted by Crippen LogP contribution is 2.51. The van der Waals surface area contributed by atoms with Crippen LogP contribution in [0.3, 0.4) is 0 Å². The van der Waals surface area contributed by atoms with Crippen molar-refractivity contribution in [2.45, 2.75) is 76.8 Å². The van der Waals surface area contributed by atoms with Crippen molar-refractivity contribution < 1.29 is 33.5 Å². The Labute approximate surface area is 293 Å². The SMILES string of the molecule is COc1ccc(C(OC[C@H]2O[C@@H](n3cc(C)c(=O)[nH]c3=O)C[C@]2(O)OP(O)N(C(C)C)C(C)C)(c2ccccc2)c2ccc(OC)cc2)cc1. The first kappa shape index (κ1) is 37.4. The molecule has 3 N–H and O–H groups in total. The average molecular weight is 708 g/mol. The average Bonchev–Trinajstić information content (AvgIpc) is 3.42. The van der Waals surface area contributed by atoms with Gasteiger partial charge in [0.2, 0.25) is 5.79 Å². The molecule has 0 amide bonds. The van der Waals surface area contributed by atoms with E-state index in [1.165, 1.54) is 10.8 Å². The minimum atomic E-state index is -2.32. The van der Waals surface area contributed by atoms with Crippen LogP contribution in [0.1, 0.15) is 62.6 Å². The molecule has 268 valence electrons. The molecule has 1 saturated heterocycles. The van der Waals surface area contributed by atoms with E-state index >= 15 is 0 Å². The van der Waals surface area contributed by atoms with Crippen LogP contribution >= 0.6 is 8.53 Å². The lowest BCUT2D eigenvalue weighted by Gasteiger charge is -2.40. The molecule has 1 fully saturated rings. The number of H-pyrrole nitrogens is 1. The summed E-state index contributed by atoms with van der Waals surface area (Å²) in [6, 6.07) is 24.5. The van der Waals surface area contributed by atoms with Gasteiger partial charge in [0.05, 0.1) is 27.2 Å². The van der Waals surface area contributed by atoms with Crippen molar-refractivity contribution in [1.29, 1.82) is 0 Å². The van der Waals surface area contributed by atoms with Crippen molar-refractivity contribution in [1.82, 2.24) is 14.2 Å². The van der Waals surface area contributed by atoms with Gasteiger partial charge in [-0.1, -0.05) is 54.6 Å². The second kappa shape index (κ2) is 15.6. The summed E-state index contributed by atoms with van der Waals surface area (Å²) in [5.41, 5.74) is 0.117. The normalized spacial score (nSPS) is 20.1. The zero-order valence-electron chi connectivity index (χ0n) is 29.4. The largest absolute Gasteiger partial charge is 0.497 e. The minimum Gasteiger partial charge on any atom is -0.497 e. The lowest BCUT2D eigenvalue weighted by molar-refractivity contribution is -0.200. The number of rotatable bonds is 14. The highest BCUT2D eigenvalue weighted by molar-refractivity contribution is 7.43. The zero-order valence-corrected chi connectivity index (χ0v) is 30.3. The first-order chi connectivity index (χ1) is 23.8. The van der Waals surface area contributed by atoms with Gasteiger partial charge in [-0.15, -0.1) is 0 Å². The maximum Gasteiger partial charge on any atom is 0.330 e. The van der Waals surface area contributed by atoms with Crippen molar-refractivity contribution in [2.24, 2.45) is 0 Å². The first-order valence-corrected chi connectivity index (χ1v) is 17.6. The Morgan fingerprint density at radius 2 is 1.44 bits per heavy atom. The minimum absolute atomic E-state index is 0.108. The van der Waals surface area contributed by atoms with E-state index in [-0.39, 0.29) is 30.7 Å². The molecule has 0 saturated carbocycles. The van der Waals surface area contributed by atoms with Gasteiger partial charge in [0.15, 0.2) is 0 Å². The van der Waals surface area contributed by atoms with Crippen molar-refractivity contribution in [3.8, 4) is 11.5 Å². The summed E-state index contributed by atoms with van der Waals surface area (Å²) in [6.07, 6.45) is -1.11. The standard InChI is InChI=1S/C37H46N3O9P/c1-24(2)40(25(3)4)50(44)49-36(43)21-33(39-22-26(5)34(41)38-35(39)42)48-32(36)23-47-37(27-11-9-8-10-12-27,28-13-17-30(45-6)18-14-28)29-15-19-31(46-7)20-16-29/h8-20,22,24-25,32-33,43-44H,21,23H2,1-7H3,(H,38,41,42)/t32-,33-,36+,50?/m1/s1. The second-order valence-electron chi connectivity index (χ2n) is 12.8. The van der Waals surface area contributed by atoms with E-state index in [0.717, 1.165) is 16.7 Å². The Kier molecular flexibility index (Phi) is 11.6. The molecule has 1 unspecified atom stereocenters. The van der Waals surface area contributed by atoms with Gasteiger partial charge in [0.1, 0.15) is 29.4 Å². The van der Waals surface area contributed by atoms with Gasteiger partial charge in [0.25, 0.3) is 14.1 Å². The maximum atomic E-state index is 13.0. The Bertz CT molecular complexity index is 1770. The summed E-state index contributed by atoms with van der Waals surface area (Å²) in [6.45, 7) is 9.02. The number of aromatic amines is 1. The van der Waals surface area contributed by atoms with Gasteiger partial charge in [0, 0.05) is 23.8 Å². The maximum absolute atomic E-state index is 13.0. The number of aliphatic hydroxyl groups is 1. The van der Waals surface area contributed by atoms with E-state index in [1.54, 1.807) is 25.8 Å². The van der Waals surface area contributed by atoms with Gasteiger partial charge < -0.3 is 28.9 Å². The van der Waals surface area contributed by atoms with Crippen LogP contribution in [-0.2, 0) is 19.6 Å². The quantitative estimate of drug-likeness (QED) is 0.0909. The molecule has 1 aromatic heterocycles. The van der Waals surface area contributed by atoms with Crippen molar-refractivity contribution in [3.05, 3.63) is 128 Å². The molecular weight excluding hydrogens is 661 g/mol. The van der Waals surface area contributed by atoms with Crippen LogP contribution in [0.4, 0.5) is 0 Å². The van der Waals surface area contributed by atoms with Gasteiger partial charge in [-0.05, 0) is 75.6 Å². The Balaban J connectivity index is 1.62. The van der Waals surface area contributed by atoms with Gasteiger partial charge in [-0.3, -0.25) is 18.9 Å². The topological polar surface area (TPSA) is 145 Å². The Morgan fingerprint density at radius 3 is 1.94 bits per heavy atom. The molecular formula is C37H46N3O9P. The van der Waals surface area contributed by atoms with Crippen molar-refractivity contribution in [2.75, 3.05) is 20.8 Å². The van der Waals surface area contributed by atoms with Crippen LogP contribution in [-0.4, -0.2) is 69.0 Å². The Hall–Kier alpha value is -3.87. The third-order valence-corrected chi connectivity index (χ3v) is 10.7. The number of hydrogen-bond acceptors (Lipinski definition) is 10. The van der Waals surface area contributed by atoms with Crippen LogP contribution in [0.5, 0.6) is 11.5 Å². The van der Waals surface area contributed by atoms with Crippen LogP contribution < -0.4 is 20.7 Å². The van der Waals surface area contributed by atoms with E-state index < -0.39 is 43.5 Å². The molecule has 4 atom stereocenters. The molecule has 0 aliphatic carbocycles. The molecule has 1 aliphatic heterocycles. The van der Waals surface area contributed by atoms with Gasteiger partial charge in [-0.25, -0.2) is 9.46 Å². The smallest absolute Gasteiger partial charge is 0.330 e. The molecule has 13 heteroatoms. The first-order valence-electron chi connectivity index (χ1n) is 16.5. The molecule has 12 nitrogen and oxygen atoms in total. The summed E-state index contributed by atoms with van der Waals surface area (Å²) >= 11 is 0. The van der Waals surface area contributed by atoms with Crippen LogP contribution in [0.15, 0.2) is 94.6 Å². The van der Waals surface area contributed by atoms with Crippen molar-refractivity contribution in [3.63, 3.8) is 0 Å². The van der Waals surface area contributed by atoms with Crippen LogP contribution in [0.2, 0.25) is 0 Å². The molecule has 0 bridgehead atoms. The van der Waals surface area contributed by atoms with Crippen molar-refractivity contribution >= 4 is 8.53 Å². The van der Waals surface area contributed by atoms with E-state index in [4.69, 9.17) is 23.5 Å². The number of nitrogens with one attached hydrogen (secondary N) is 1. The summed E-state index contributed by atoms with van der Waals surface area (Å²) < 4.78 is 33.5. The number of aromatic nitrogens is 2. The predicted molar refractivity (Wildman–Crippen MR) is 190 cm³/mol. The fraction of sp³-hybridized carbons (Fsp3) is 0.405. The molecule has 0 radical (unpaired) electrons. The Morgan fingerprint density at radius 1 is 0.920 bits per heavy atom. The summed E-state index contributed by atoms with van der Waals surface area (Å²) in [5, 5.41) is 12.3. The zero-order chi connectivity index (χ0) is 36.2. The summed E-state index contributed by atoms with van der Waals surface area (Å²) in [4.78, 5) is 38.9. The fourth-order valence-electron chi connectivity index (χ4n) is 6.41. The highest BCUT2D eigenvalue weighted by Gasteiger charge is 2.53. The van der Waals surface area contributed by atoms with E-state index in [2.05, 4.69) is 4.98 Å². The van der Waals surface area contributed by atoms with E-state index in [9.17, 15) is 19.6 Å². The predicted octanol–water partition coefficient (Wildman–Crippen LogP) is 5.20. The van der Waals surface area contributed by atoms with Crippen LogP contribution in [0.25, 0.3) is 0 Å². The number of hydrogen-bond donors (Lipinski definition) is 3. The molecule has 5 rings (SSSR count). The number of nitrogens with zero attached hydrogens (tertiary/aromatic N) is 2. The second-order valence-corrected chi connectivity index (χ2v) is 14.0. The summed E-state index contributed by atoms with van der Waals surface area (Å²) in [5.74, 6) is -0.792. The van der Waals surface area contributed by atoms with Gasteiger partial charge >= 0.3 is 5.69 Å². The molecule has 4 aromatic rings. The molecule has 2 heterocycles. The number of aryl methyl sites for hydroxylation is 1. The van der Waals surface area contributed by atoms with Gasteiger partial charge in [-0.2, -0.15) is 0 Å². The van der Waals surface area contributed by atoms with Crippen LogP contribution in [0, 0.1) is 6.92 Å². The third kappa shape index (κ3) is 7.57. The van der Waals surface area contributed by atoms with E-state index in [1.807, 2.05) is 107 Å². The third-order valence-electron chi connectivity index (χ3n) is 8.87. The van der Waals surface area contributed by atoms with E-state index in [0.29, 0.717) is 11.5 Å². The lowest BCUT2D eigenvalue weighted by Crippen LogP contribution is -2.46. The monoisotopic (exact) mass is 707 g/mol. The number of methoxy groups -OCH3 is 2. The lowest BCUT2D eigenvalue weighted by atomic mass is 9.80. The molecule has 1 aliphatic rings. The highest BCUT2D eigenvalue weighted by atomic mass is 31.2. The summed E-state index contributed by atoms with van der Waals surface area (Å²) in [7, 11) is 0.869. The fourth-order valence-corrected chi connectivity index (χ4v) is 7.77. The molecule has 50 heavy (non-hydrogen) atoms. The number of ether oxygens (including phenoxy) is 4.